The van der Waals surface area contributed by atoms with Gasteiger partial charge in [-0.2, -0.15) is 5.26 Å². The van der Waals surface area contributed by atoms with Crippen LogP contribution in [0.2, 0.25) is 0 Å². The molecule has 0 aromatic heterocycles. The molecule has 1 heteroatoms. The van der Waals surface area contributed by atoms with Gasteiger partial charge in [0.15, 0.2) is 0 Å². The molecule has 0 aromatic rings. The molecule has 0 radical (unpaired) electrons. The van der Waals surface area contributed by atoms with Crippen molar-refractivity contribution >= 4 is 0 Å². The van der Waals surface area contributed by atoms with Crippen molar-refractivity contribution in [1.82, 2.24) is 0 Å². The third kappa shape index (κ3) is 1.65. The Morgan fingerprint density at radius 1 is 1.58 bits per heavy atom. The molecule has 0 saturated carbocycles. The minimum absolute atomic E-state index is 0.902. The van der Waals surface area contributed by atoms with Crippen molar-refractivity contribution in [2.45, 2.75) is 26.2 Å². The van der Waals surface area contributed by atoms with Gasteiger partial charge < -0.3 is 0 Å². The van der Waals surface area contributed by atoms with Crippen LogP contribution in [-0.2, 0) is 0 Å². The Balaban J connectivity index is 2.90. The van der Waals surface area contributed by atoms with Crippen LogP contribution in [0.15, 0.2) is 35.5 Å². The molecule has 0 fully saturated rings. The summed E-state index contributed by atoms with van der Waals surface area (Å²) in [4.78, 5) is 0. The first kappa shape index (κ1) is 8.80. The van der Waals surface area contributed by atoms with E-state index in [1.54, 1.807) is 6.08 Å². The average Bonchev–Trinajstić information content (AvgIpc) is 2.37. The highest BCUT2D eigenvalue weighted by molar-refractivity contribution is 5.43. The van der Waals surface area contributed by atoms with Crippen molar-refractivity contribution < 1.29 is 0 Å². The number of rotatable bonds is 2. The molecule has 0 bridgehead atoms. The molecule has 0 amide bonds. The van der Waals surface area contributed by atoms with Crippen LogP contribution in [0, 0.1) is 11.3 Å². The normalized spacial score (nSPS) is 19.8. The van der Waals surface area contributed by atoms with Crippen LogP contribution in [0.4, 0.5) is 0 Å². The van der Waals surface area contributed by atoms with E-state index in [-0.39, 0.29) is 0 Å². The minimum Gasteiger partial charge on any atom is -0.193 e. The van der Waals surface area contributed by atoms with E-state index in [0.29, 0.717) is 0 Å². The van der Waals surface area contributed by atoms with Gasteiger partial charge in [-0.05, 0) is 37.3 Å². The second-order valence-corrected chi connectivity index (χ2v) is 3.05. The van der Waals surface area contributed by atoms with Gasteiger partial charge in [0.1, 0.15) is 0 Å². The Morgan fingerprint density at radius 2 is 2.33 bits per heavy atom. The Morgan fingerprint density at radius 3 is 2.92 bits per heavy atom. The summed E-state index contributed by atoms with van der Waals surface area (Å²) in [5.74, 6) is 0. The van der Waals surface area contributed by atoms with Gasteiger partial charge in [-0.25, -0.2) is 0 Å². The summed E-state index contributed by atoms with van der Waals surface area (Å²) in [6, 6.07) is 2.09. The summed E-state index contributed by atoms with van der Waals surface area (Å²) in [5.41, 5.74) is 3.94. The van der Waals surface area contributed by atoms with E-state index in [2.05, 4.69) is 19.6 Å². The lowest BCUT2D eigenvalue weighted by molar-refractivity contribution is 1.01. The maximum absolute atomic E-state index is 8.52. The fraction of sp³-hybridized carbons (Fsp3) is 0.364. The minimum atomic E-state index is 0.902. The quantitative estimate of drug-likeness (QED) is 0.448. The first-order valence-corrected chi connectivity index (χ1v) is 4.18. The molecule has 62 valence electrons. The van der Waals surface area contributed by atoms with Gasteiger partial charge in [-0.15, -0.1) is 6.58 Å². The Labute approximate surface area is 73.7 Å². The van der Waals surface area contributed by atoms with E-state index in [1.807, 2.05) is 6.08 Å². The zero-order chi connectivity index (χ0) is 8.97. The van der Waals surface area contributed by atoms with Gasteiger partial charge >= 0.3 is 0 Å². The molecule has 0 saturated heterocycles. The van der Waals surface area contributed by atoms with Crippen LogP contribution in [-0.4, -0.2) is 0 Å². The molecule has 1 nitrogen and oxygen atoms in total. The number of hydrogen-bond donors (Lipinski definition) is 0. The summed E-state index contributed by atoms with van der Waals surface area (Å²) in [6.07, 6.45) is 6.60. The maximum Gasteiger partial charge on any atom is 0.0915 e. The molecule has 0 aromatic carbocycles. The van der Waals surface area contributed by atoms with E-state index in [0.717, 1.165) is 19.3 Å². The van der Waals surface area contributed by atoms with Crippen molar-refractivity contribution in [3.8, 4) is 6.07 Å². The summed E-state index contributed by atoms with van der Waals surface area (Å²) in [7, 11) is 0. The number of allylic oxidation sites excluding steroid dienone is 5. The lowest BCUT2D eigenvalue weighted by atomic mass is 10.0. The summed E-state index contributed by atoms with van der Waals surface area (Å²) in [5, 5.41) is 8.52. The van der Waals surface area contributed by atoms with Gasteiger partial charge in [0.05, 0.1) is 6.07 Å². The van der Waals surface area contributed by atoms with E-state index in [9.17, 15) is 0 Å². The first-order valence-electron chi connectivity index (χ1n) is 4.18. The van der Waals surface area contributed by atoms with Gasteiger partial charge in [-0.3, -0.25) is 0 Å². The fourth-order valence-corrected chi connectivity index (χ4v) is 1.58. The topological polar surface area (TPSA) is 23.8 Å². The van der Waals surface area contributed by atoms with E-state index in [1.165, 1.54) is 16.7 Å². The Bertz CT molecular complexity index is 287. The third-order valence-corrected chi connectivity index (χ3v) is 2.26. The Hall–Kier alpha value is -1.29. The SMILES string of the molecule is C=CCC1=C(C)CCC1=CC#N. The molecule has 1 aliphatic carbocycles. The zero-order valence-electron chi connectivity index (χ0n) is 7.43. The van der Waals surface area contributed by atoms with Crippen molar-refractivity contribution in [2.75, 3.05) is 0 Å². The van der Waals surface area contributed by atoms with Crippen LogP contribution in [0.3, 0.4) is 0 Å². The summed E-state index contributed by atoms with van der Waals surface area (Å²) < 4.78 is 0. The van der Waals surface area contributed by atoms with Crippen LogP contribution >= 0.6 is 0 Å². The van der Waals surface area contributed by atoms with Gasteiger partial charge in [0, 0.05) is 6.08 Å². The lowest BCUT2D eigenvalue weighted by Crippen LogP contribution is -1.82. The molecular formula is C11H13N. The second-order valence-electron chi connectivity index (χ2n) is 3.05. The molecule has 1 rings (SSSR count). The Kier molecular flexibility index (Phi) is 2.88. The van der Waals surface area contributed by atoms with Gasteiger partial charge in [0.2, 0.25) is 0 Å². The lowest BCUT2D eigenvalue weighted by Gasteiger charge is -2.00. The molecule has 0 spiro atoms. The van der Waals surface area contributed by atoms with Gasteiger partial charge in [0.25, 0.3) is 0 Å². The highest BCUT2D eigenvalue weighted by atomic mass is 14.2. The molecule has 0 N–H and O–H groups in total. The largest absolute Gasteiger partial charge is 0.193 e. The predicted molar refractivity (Wildman–Crippen MR) is 50.4 cm³/mol. The molecule has 0 heterocycles. The third-order valence-electron chi connectivity index (χ3n) is 2.26. The van der Waals surface area contributed by atoms with Crippen LogP contribution < -0.4 is 0 Å². The van der Waals surface area contributed by atoms with Gasteiger partial charge in [-0.1, -0.05) is 11.6 Å². The molecule has 1 aliphatic rings. The maximum atomic E-state index is 8.52. The van der Waals surface area contributed by atoms with Crippen molar-refractivity contribution in [3.63, 3.8) is 0 Å². The predicted octanol–water partition coefficient (Wildman–Crippen LogP) is 3.12. The second kappa shape index (κ2) is 3.92. The van der Waals surface area contributed by atoms with E-state index in [4.69, 9.17) is 5.26 Å². The fourth-order valence-electron chi connectivity index (χ4n) is 1.58. The smallest absolute Gasteiger partial charge is 0.0915 e. The van der Waals surface area contributed by atoms with Crippen LogP contribution in [0.1, 0.15) is 26.2 Å². The highest BCUT2D eigenvalue weighted by Gasteiger charge is 2.14. The molecule has 0 aliphatic heterocycles. The molecule has 0 unspecified atom stereocenters. The van der Waals surface area contributed by atoms with Crippen molar-refractivity contribution in [2.24, 2.45) is 0 Å². The highest BCUT2D eigenvalue weighted by Crippen LogP contribution is 2.33. The monoisotopic (exact) mass is 159 g/mol. The molecule has 0 atom stereocenters. The van der Waals surface area contributed by atoms with E-state index < -0.39 is 0 Å². The summed E-state index contributed by atoms with van der Waals surface area (Å²) >= 11 is 0. The number of nitrogens with zero attached hydrogens (tertiary/aromatic N) is 1. The van der Waals surface area contributed by atoms with Crippen LogP contribution in [0.5, 0.6) is 0 Å². The molecule has 12 heavy (non-hydrogen) atoms. The standard InChI is InChI=1S/C11H13N/c1-3-4-11-9(2)5-6-10(11)7-8-12/h3,7H,1,4-6H2,2H3. The van der Waals surface area contributed by atoms with Crippen molar-refractivity contribution in [1.29, 1.82) is 5.26 Å². The van der Waals surface area contributed by atoms with Crippen LogP contribution in [0.25, 0.3) is 0 Å². The number of hydrogen-bond acceptors (Lipinski definition) is 1. The zero-order valence-corrected chi connectivity index (χ0v) is 7.43. The number of nitriles is 1. The summed E-state index contributed by atoms with van der Waals surface area (Å²) in [6.45, 7) is 5.84. The van der Waals surface area contributed by atoms with Crippen molar-refractivity contribution in [3.05, 3.63) is 35.5 Å². The van der Waals surface area contributed by atoms with E-state index >= 15 is 0 Å². The molecular weight excluding hydrogens is 146 g/mol. The first-order chi connectivity index (χ1) is 5.79. The average molecular weight is 159 g/mol.